The molecule has 0 aliphatic carbocycles. The van der Waals surface area contributed by atoms with Crippen LogP contribution in [0.3, 0.4) is 0 Å². The van der Waals surface area contributed by atoms with Crippen molar-refractivity contribution in [2.45, 2.75) is 30.8 Å². The third-order valence-corrected chi connectivity index (χ3v) is 7.80. The Balaban J connectivity index is 1.42. The van der Waals surface area contributed by atoms with Crippen LogP contribution in [0.15, 0.2) is 66.9 Å². The molecule has 1 fully saturated rings. The van der Waals surface area contributed by atoms with Crippen LogP contribution in [0.4, 0.5) is 10.1 Å². The summed E-state index contributed by atoms with van der Waals surface area (Å²) >= 11 is 0. The van der Waals surface area contributed by atoms with Crippen LogP contribution in [-0.4, -0.2) is 53.1 Å². The highest BCUT2D eigenvalue weighted by Crippen LogP contribution is 2.49. The van der Waals surface area contributed by atoms with E-state index in [-0.39, 0.29) is 30.0 Å². The predicted molar refractivity (Wildman–Crippen MR) is 144 cm³/mol. The second kappa shape index (κ2) is 10.1. The van der Waals surface area contributed by atoms with Crippen molar-refractivity contribution in [2.24, 2.45) is 0 Å². The molecule has 10 nitrogen and oxygen atoms in total. The van der Waals surface area contributed by atoms with Gasteiger partial charge in [-0.05, 0) is 60.2 Å². The van der Waals surface area contributed by atoms with Crippen molar-refractivity contribution in [2.75, 3.05) is 31.8 Å². The lowest BCUT2D eigenvalue weighted by atomic mass is 9.82. The first-order valence-electron chi connectivity index (χ1n) is 13.0. The molecule has 0 spiro atoms. The first kappa shape index (κ1) is 25.6. The van der Waals surface area contributed by atoms with E-state index in [9.17, 15) is 19.3 Å². The second-order valence-corrected chi connectivity index (χ2v) is 9.96. The number of carbonyl (C=O) groups is 1. The van der Waals surface area contributed by atoms with Gasteiger partial charge in [-0.25, -0.2) is 9.07 Å². The van der Waals surface area contributed by atoms with E-state index in [1.807, 2.05) is 29.2 Å². The second-order valence-electron chi connectivity index (χ2n) is 9.96. The van der Waals surface area contributed by atoms with E-state index in [0.717, 1.165) is 22.3 Å². The zero-order chi connectivity index (χ0) is 27.9. The van der Waals surface area contributed by atoms with Gasteiger partial charge < -0.3 is 19.1 Å². The number of fused-ring (bicyclic) bond motifs is 2. The maximum atomic E-state index is 13.5. The third-order valence-electron chi connectivity index (χ3n) is 7.80. The lowest BCUT2D eigenvalue weighted by Gasteiger charge is -2.34. The molecule has 0 amide bonds. The average molecular weight is 547 g/mol. The highest BCUT2D eigenvalue weighted by molar-refractivity contribution is 5.84. The minimum absolute atomic E-state index is 0.0209. The number of rotatable bonds is 7. The summed E-state index contributed by atoms with van der Waals surface area (Å²) in [6.07, 6.45) is 1.90. The van der Waals surface area contributed by atoms with Gasteiger partial charge in [0, 0.05) is 35.4 Å². The van der Waals surface area contributed by atoms with Gasteiger partial charge in [-0.15, -0.1) is 0 Å². The lowest BCUT2D eigenvalue weighted by molar-refractivity contribution is -0.573. The van der Waals surface area contributed by atoms with Crippen LogP contribution in [0.1, 0.15) is 30.9 Å². The van der Waals surface area contributed by atoms with Crippen molar-refractivity contribution < 1.29 is 28.3 Å². The largest absolute Gasteiger partial charge is 0.486 e. The fraction of sp³-hybridized carbons (Fsp3) is 0.310. The number of carbonyl (C=O) groups excluding carboxylic acids is 1. The molecular weight excluding hydrogens is 519 g/mol. The molecular formula is C29H27FN4O6. The summed E-state index contributed by atoms with van der Waals surface area (Å²) in [5.41, 5.74) is 1.58. The van der Waals surface area contributed by atoms with E-state index in [0.29, 0.717) is 36.8 Å². The molecule has 206 valence electrons. The highest BCUT2D eigenvalue weighted by Gasteiger charge is 2.58. The third kappa shape index (κ3) is 4.37. The molecule has 3 heterocycles. The molecule has 2 aliphatic heterocycles. The normalized spacial score (nSPS) is 20.1. The Labute approximate surface area is 229 Å². The van der Waals surface area contributed by atoms with Crippen molar-refractivity contribution in [3.05, 3.63) is 88.4 Å². The van der Waals surface area contributed by atoms with Gasteiger partial charge in [-0.2, -0.15) is 5.10 Å². The molecule has 11 heteroatoms. The maximum Gasteiger partial charge on any atom is 0.305 e. The van der Waals surface area contributed by atoms with Crippen LogP contribution < -0.4 is 14.4 Å². The molecule has 1 saturated heterocycles. The first-order valence-corrected chi connectivity index (χ1v) is 13.0. The summed E-state index contributed by atoms with van der Waals surface area (Å²) in [6, 6.07) is 16.6. The number of nitrogens with zero attached hydrogens (tertiary/aromatic N) is 4. The average Bonchev–Trinajstić information content (AvgIpc) is 3.58. The van der Waals surface area contributed by atoms with Gasteiger partial charge in [-0.3, -0.25) is 14.9 Å². The van der Waals surface area contributed by atoms with Crippen molar-refractivity contribution in [3.8, 4) is 17.2 Å². The predicted octanol–water partition coefficient (Wildman–Crippen LogP) is 4.86. The van der Waals surface area contributed by atoms with Crippen LogP contribution >= 0.6 is 0 Å². The number of halogens is 1. The topological polar surface area (TPSA) is 109 Å². The van der Waals surface area contributed by atoms with Crippen molar-refractivity contribution in [1.82, 2.24) is 9.78 Å². The Hall–Kier alpha value is -4.67. The number of esters is 1. The van der Waals surface area contributed by atoms with Gasteiger partial charge in [0.25, 0.3) is 0 Å². The smallest absolute Gasteiger partial charge is 0.305 e. The number of hydrogen-bond donors (Lipinski definition) is 0. The number of nitro groups is 1. The SMILES string of the molecule is COC(=O)CCC1([N+](=O)[O-])CCN(c2ccc3c(cnn3-c3ccc(F)cc3)c2)C1c1ccc2c(c1)OCCO2. The Morgan fingerprint density at radius 3 is 2.60 bits per heavy atom. The number of anilines is 1. The number of benzene rings is 3. The monoisotopic (exact) mass is 546 g/mol. The fourth-order valence-corrected chi connectivity index (χ4v) is 5.82. The summed E-state index contributed by atoms with van der Waals surface area (Å²) < 4.78 is 31.5. The van der Waals surface area contributed by atoms with Crippen molar-refractivity contribution in [3.63, 3.8) is 0 Å². The molecule has 0 bridgehead atoms. The Kier molecular flexibility index (Phi) is 6.49. The van der Waals surface area contributed by atoms with Gasteiger partial charge in [-0.1, -0.05) is 6.07 Å². The summed E-state index contributed by atoms with van der Waals surface area (Å²) in [4.78, 5) is 26.6. The first-order chi connectivity index (χ1) is 19.4. The molecule has 0 saturated carbocycles. The van der Waals surface area contributed by atoms with Gasteiger partial charge in [0.15, 0.2) is 11.5 Å². The summed E-state index contributed by atoms with van der Waals surface area (Å²) in [5.74, 6) is 0.311. The molecule has 1 aromatic heterocycles. The molecule has 2 atom stereocenters. The Bertz CT molecular complexity index is 1590. The standard InChI is InChI=1S/C29H27FN4O6/c1-38-27(35)10-11-29(34(36)37)12-13-32(28(29)19-2-9-25-26(17-19)40-15-14-39-25)23-7-8-24-20(16-23)18-31-33(24)22-5-3-21(30)4-6-22/h2-9,16-18,28H,10-15H2,1H3. The van der Waals surface area contributed by atoms with Gasteiger partial charge >= 0.3 is 5.97 Å². The molecule has 0 radical (unpaired) electrons. The molecule has 2 unspecified atom stereocenters. The van der Waals surface area contributed by atoms with Gasteiger partial charge in [0.2, 0.25) is 5.54 Å². The quantitative estimate of drug-likeness (QED) is 0.184. The minimum atomic E-state index is -1.44. The van der Waals surface area contributed by atoms with Gasteiger partial charge in [0.05, 0.1) is 30.9 Å². The van der Waals surface area contributed by atoms with E-state index < -0.39 is 17.6 Å². The molecule has 40 heavy (non-hydrogen) atoms. The molecule has 6 rings (SSSR count). The molecule has 3 aromatic carbocycles. The maximum absolute atomic E-state index is 13.5. The summed E-state index contributed by atoms with van der Waals surface area (Å²) in [7, 11) is 1.28. The van der Waals surface area contributed by atoms with E-state index >= 15 is 0 Å². The van der Waals surface area contributed by atoms with Crippen LogP contribution in [0, 0.1) is 15.9 Å². The van der Waals surface area contributed by atoms with E-state index in [1.54, 1.807) is 35.1 Å². The molecule has 0 N–H and O–H groups in total. The lowest BCUT2D eigenvalue weighted by Crippen LogP contribution is -2.45. The fourth-order valence-electron chi connectivity index (χ4n) is 5.82. The van der Waals surface area contributed by atoms with Crippen LogP contribution in [0.25, 0.3) is 16.6 Å². The van der Waals surface area contributed by atoms with Crippen LogP contribution in [0.5, 0.6) is 11.5 Å². The Morgan fingerprint density at radius 1 is 1.10 bits per heavy atom. The zero-order valence-corrected chi connectivity index (χ0v) is 21.8. The number of methoxy groups -OCH3 is 1. The highest BCUT2D eigenvalue weighted by atomic mass is 19.1. The van der Waals surface area contributed by atoms with Crippen molar-refractivity contribution >= 4 is 22.6 Å². The van der Waals surface area contributed by atoms with E-state index in [4.69, 9.17) is 14.2 Å². The van der Waals surface area contributed by atoms with E-state index in [2.05, 4.69) is 5.10 Å². The minimum Gasteiger partial charge on any atom is -0.486 e. The number of hydrogen-bond acceptors (Lipinski definition) is 8. The van der Waals surface area contributed by atoms with Crippen LogP contribution in [0.2, 0.25) is 0 Å². The summed E-state index contributed by atoms with van der Waals surface area (Å²) in [5, 5.41) is 18.1. The van der Waals surface area contributed by atoms with Gasteiger partial charge in [0.1, 0.15) is 25.1 Å². The Morgan fingerprint density at radius 2 is 1.85 bits per heavy atom. The number of ether oxygens (including phenoxy) is 3. The van der Waals surface area contributed by atoms with Crippen molar-refractivity contribution in [1.29, 1.82) is 0 Å². The number of aromatic nitrogens is 2. The molecule has 4 aromatic rings. The molecule has 2 aliphatic rings. The summed E-state index contributed by atoms with van der Waals surface area (Å²) in [6.45, 7) is 1.23. The van der Waals surface area contributed by atoms with E-state index in [1.165, 1.54) is 19.2 Å². The zero-order valence-electron chi connectivity index (χ0n) is 21.8. The van der Waals surface area contributed by atoms with Crippen LogP contribution in [-0.2, 0) is 9.53 Å².